The summed E-state index contributed by atoms with van der Waals surface area (Å²) in [6, 6.07) is 7.52. The maximum absolute atomic E-state index is 13.2. The summed E-state index contributed by atoms with van der Waals surface area (Å²) in [5.74, 6) is -4.83. The number of rotatable bonds is 6. The van der Waals surface area contributed by atoms with Crippen LogP contribution in [-0.4, -0.2) is 63.7 Å². The fraction of sp³-hybridized carbons (Fsp3) is 0.433. The van der Waals surface area contributed by atoms with Crippen LogP contribution in [0.25, 0.3) is 21.1 Å². The predicted molar refractivity (Wildman–Crippen MR) is 164 cm³/mol. The highest BCUT2D eigenvalue weighted by Crippen LogP contribution is 2.60. The molecule has 14 heteroatoms. The van der Waals surface area contributed by atoms with Gasteiger partial charge in [-0.2, -0.15) is 0 Å². The molecule has 0 spiro atoms. The summed E-state index contributed by atoms with van der Waals surface area (Å²) in [6.07, 6.45) is 3.77. The number of carbonyl (C=O) groups excluding carboxylic acids is 1. The molecule has 2 N–H and O–H groups in total. The largest absolute Gasteiger partial charge is 0.383 e. The van der Waals surface area contributed by atoms with E-state index in [0.29, 0.717) is 38.4 Å². The molecule has 4 fully saturated rings. The number of alkyl halides is 4. The van der Waals surface area contributed by atoms with Gasteiger partial charge in [0.2, 0.25) is 0 Å². The van der Waals surface area contributed by atoms with Crippen LogP contribution in [-0.2, 0) is 11.2 Å². The second kappa shape index (κ2) is 11.1. The summed E-state index contributed by atoms with van der Waals surface area (Å²) < 4.78 is 52.8. The third-order valence-corrected chi connectivity index (χ3v) is 10.4. The Morgan fingerprint density at radius 2 is 1.27 bits per heavy atom. The molecule has 2 aliphatic heterocycles. The molecule has 2 saturated heterocycles. The molecule has 4 atom stereocenters. The van der Waals surface area contributed by atoms with E-state index in [1.165, 1.54) is 22.7 Å². The molecule has 4 unspecified atom stereocenters. The molecule has 4 aromatic rings. The van der Waals surface area contributed by atoms with Crippen molar-refractivity contribution in [3.05, 3.63) is 53.1 Å². The highest BCUT2D eigenvalue weighted by molar-refractivity contribution is 7.13. The Labute approximate surface area is 260 Å². The fourth-order valence-corrected chi connectivity index (χ4v) is 7.49. The van der Waals surface area contributed by atoms with Gasteiger partial charge in [-0.05, 0) is 31.2 Å². The second-order valence-corrected chi connectivity index (χ2v) is 13.2. The summed E-state index contributed by atoms with van der Waals surface area (Å²) >= 11 is 2.93. The lowest BCUT2D eigenvalue weighted by Crippen LogP contribution is -2.27. The van der Waals surface area contributed by atoms with E-state index in [-0.39, 0.29) is 13.2 Å². The van der Waals surface area contributed by atoms with Crippen molar-refractivity contribution < 1.29 is 22.4 Å². The summed E-state index contributed by atoms with van der Waals surface area (Å²) in [4.78, 5) is 32.3. The topological polar surface area (TPSA) is 101 Å². The molecule has 4 aliphatic rings. The van der Waals surface area contributed by atoms with Crippen molar-refractivity contribution in [3.8, 4) is 21.1 Å². The SMILES string of the molecule is C.CC(=O)Cc1csc(-c2ccc(N3CC4C(C3)C4(F)F)nc2)n1.Nc1csc(-c2ccc(N3CC4C(C3)C4(F)F)nc2)n1. The molecular weight excluding hydrogens is 615 g/mol. The third-order valence-electron chi connectivity index (χ3n) is 8.54. The number of piperidine rings is 2. The number of anilines is 3. The molecule has 0 aromatic carbocycles. The Hall–Kier alpha value is -3.65. The standard InChI is InChI=1S/C16H15F2N3OS.C13H12F2N4S.CH4/c1-9(22)4-11-8-23-15(20-11)10-2-3-14(19-5-10)21-6-12-13(7-21)16(12,17)18;14-13(15)8-4-19(5-9(8)13)11-2-1-7(3-17-11)12-18-10(16)6-20-12;/h2-3,5,8,12-13H,4,6-7H2,1H3;1-3,6,8-9H,4-5,16H2;1H4. The van der Waals surface area contributed by atoms with Crippen LogP contribution in [0.15, 0.2) is 47.4 Å². The number of pyridine rings is 2. The predicted octanol–water partition coefficient (Wildman–Crippen LogP) is 6.16. The number of thiazole rings is 2. The van der Waals surface area contributed by atoms with E-state index in [9.17, 15) is 22.4 Å². The highest BCUT2D eigenvalue weighted by atomic mass is 32.1. The van der Waals surface area contributed by atoms with Gasteiger partial charge in [0.05, 0.1) is 29.4 Å². The molecule has 0 bridgehead atoms. The van der Waals surface area contributed by atoms with E-state index < -0.39 is 35.5 Å². The lowest BCUT2D eigenvalue weighted by atomic mass is 10.2. The van der Waals surface area contributed by atoms with Gasteiger partial charge in [-0.1, -0.05) is 7.43 Å². The van der Waals surface area contributed by atoms with Crippen LogP contribution in [0.1, 0.15) is 20.0 Å². The summed E-state index contributed by atoms with van der Waals surface area (Å²) in [5.41, 5.74) is 8.13. The van der Waals surface area contributed by atoms with Crippen molar-refractivity contribution in [1.82, 2.24) is 19.9 Å². The summed E-state index contributed by atoms with van der Waals surface area (Å²) in [6.45, 7) is 3.09. The quantitative estimate of drug-likeness (QED) is 0.249. The minimum absolute atomic E-state index is 0. The van der Waals surface area contributed by atoms with E-state index in [2.05, 4.69) is 19.9 Å². The van der Waals surface area contributed by atoms with Crippen molar-refractivity contribution in [2.75, 3.05) is 41.7 Å². The van der Waals surface area contributed by atoms with E-state index in [0.717, 1.165) is 38.5 Å². The van der Waals surface area contributed by atoms with Crippen molar-refractivity contribution in [3.63, 3.8) is 0 Å². The monoisotopic (exact) mass is 645 g/mol. The molecule has 232 valence electrons. The summed E-state index contributed by atoms with van der Waals surface area (Å²) in [7, 11) is 0. The minimum atomic E-state index is -2.47. The smallest absolute Gasteiger partial charge is 0.258 e. The first-order valence-corrected chi connectivity index (χ1v) is 15.6. The van der Waals surface area contributed by atoms with Crippen LogP contribution in [0.5, 0.6) is 0 Å². The van der Waals surface area contributed by atoms with Gasteiger partial charge >= 0.3 is 0 Å². The lowest BCUT2D eigenvalue weighted by Gasteiger charge is -2.20. The maximum atomic E-state index is 13.2. The number of nitrogens with zero attached hydrogens (tertiary/aromatic N) is 6. The Morgan fingerprint density at radius 1 is 0.818 bits per heavy atom. The van der Waals surface area contributed by atoms with Gasteiger partial charge in [-0.15, -0.1) is 22.7 Å². The van der Waals surface area contributed by atoms with Crippen molar-refractivity contribution >= 4 is 45.9 Å². The van der Waals surface area contributed by atoms with E-state index in [4.69, 9.17) is 5.73 Å². The van der Waals surface area contributed by atoms with Gasteiger partial charge in [0, 0.05) is 66.9 Å². The van der Waals surface area contributed by atoms with Crippen LogP contribution in [0.3, 0.4) is 0 Å². The summed E-state index contributed by atoms with van der Waals surface area (Å²) in [5, 5.41) is 5.29. The third kappa shape index (κ3) is 5.53. The molecule has 44 heavy (non-hydrogen) atoms. The first kappa shape index (κ1) is 30.4. The molecule has 0 radical (unpaired) electrons. The number of halogens is 4. The van der Waals surface area contributed by atoms with Gasteiger partial charge in [0.15, 0.2) is 0 Å². The molecule has 6 heterocycles. The zero-order valence-electron chi connectivity index (χ0n) is 23.0. The number of hydrogen-bond donors (Lipinski definition) is 1. The number of ketones is 1. The van der Waals surface area contributed by atoms with E-state index >= 15 is 0 Å². The lowest BCUT2D eigenvalue weighted by molar-refractivity contribution is -0.116. The number of carbonyl (C=O) groups is 1. The van der Waals surface area contributed by atoms with Gasteiger partial charge in [0.1, 0.15) is 33.3 Å². The van der Waals surface area contributed by atoms with Crippen LogP contribution >= 0.6 is 22.7 Å². The molecular formula is C30H31F4N7OS2. The Morgan fingerprint density at radius 3 is 1.66 bits per heavy atom. The van der Waals surface area contributed by atoms with Crippen LogP contribution in [0, 0.1) is 23.7 Å². The molecule has 2 saturated carbocycles. The first-order valence-electron chi connectivity index (χ1n) is 13.8. The van der Waals surface area contributed by atoms with Gasteiger partial charge in [-0.25, -0.2) is 37.5 Å². The molecule has 2 aliphatic carbocycles. The van der Waals surface area contributed by atoms with Crippen LogP contribution < -0.4 is 15.5 Å². The van der Waals surface area contributed by atoms with Crippen LogP contribution in [0.4, 0.5) is 35.0 Å². The van der Waals surface area contributed by atoms with Crippen LogP contribution in [0.2, 0.25) is 0 Å². The zero-order valence-corrected chi connectivity index (χ0v) is 24.6. The van der Waals surface area contributed by atoms with Crippen molar-refractivity contribution in [1.29, 1.82) is 0 Å². The number of nitrogen functional groups attached to an aromatic ring is 1. The maximum Gasteiger partial charge on any atom is 0.258 e. The molecule has 4 aromatic heterocycles. The second-order valence-electron chi connectivity index (χ2n) is 11.5. The van der Waals surface area contributed by atoms with Crippen molar-refractivity contribution in [2.45, 2.75) is 32.6 Å². The van der Waals surface area contributed by atoms with Gasteiger partial charge in [-0.3, -0.25) is 4.79 Å². The molecule has 8 rings (SSSR count). The number of fused-ring (bicyclic) bond motifs is 2. The number of nitrogens with two attached hydrogens (primary N) is 1. The fourth-order valence-electron chi connectivity index (χ4n) is 5.98. The number of Topliss-reactive ketones (excluding diaryl/α,β-unsaturated/α-hetero) is 1. The Kier molecular flexibility index (Phi) is 7.63. The average molecular weight is 646 g/mol. The Bertz CT molecular complexity index is 1630. The molecule has 0 amide bonds. The van der Waals surface area contributed by atoms with Gasteiger partial charge < -0.3 is 15.5 Å². The average Bonchev–Trinajstić information content (AvgIpc) is 3.56. The number of hydrogen-bond acceptors (Lipinski definition) is 10. The highest BCUT2D eigenvalue weighted by Gasteiger charge is 2.72. The Balaban J connectivity index is 0.000000154. The first-order chi connectivity index (χ1) is 20.5. The molecule has 8 nitrogen and oxygen atoms in total. The zero-order chi connectivity index (χ0) is 30.1. The van der Waals surface area contributed by atoms with E-state index in [1.54, 1.807) is 24.7 Å². The van der Waals surface area contributed by atoms with E-state index in [1.807, 2.05) is 39.4 Å². The minimum Gasteiger partial charge on any atom is -0.383 e. The normalized spacial score (nSPS) is 24.9. The van der Waals surface area contributed by atoms with Crippen molar-refractivity contribution in [2.24, 2.45) is 23.7 Å². The number of aromatic nitrogens is 4. The van der Waals surface area contributed by atoms with Gasteiger partial charge in [0.25, 0.3) is 11.8 Å².